The predicted molar refractivity (Wildman–Crippen MR) is 440 cm³/mol. The Hall–Kier alpha value is -13.0. The first-order valence-corrected chi connectivity index (χ1v) is 38.0. The number of aryl methyl sites for hydroxylation is 6. The Labute approximate surface area is 635 Å². The zero-order valence-electron chi connectivity index (χ0n) is 60.8. The standard InChI is InChI=1S/C52H42N4.C21H19NO.C18H18N2O6P2.CH4/c1-37-6-22-46(23-7-37)55(47-24-8-38(2)9-25-47)50-30-16-41(17-31-50)14-20-43-35-52(54-5)44(34-45(43)36-53)21-15-42-18-32-51(33-19-42)56(48-26-10-39(3)11-27-48)49-28-12-40(4)13-29-49;1-16-3-9-19(10-4-16)22(20-11-5-17(2)6-12-20)21-13-7-18(15-23)8-14-21;1-3-25-28(24,26-4-2)14-18-10-15(11-19)17(9-16(18)12-20)13-27(23,7-5-21)8-6-22;/h6-35H,1-4H3;3-15H,1-2H3;9-10,21-22H,3-4,13-14H2,1-2H3;1H4. The van der Waals surface area contributed by atoms with E-state index in [0.717, 1.165) is 68.6 Å². The summed E-state index contributed by atoms with van der Waals surface area (Å²) in [5, 5.41) is 46.5. The van der Waals surface area contributed by atoms with Crippen LogP contribution in [-0.4, -0.2) is 29.7 Å². The third kappa shape index (κ3) is 21.6. The molecule has 0 amide bonds. The van der Waals surface area contributed by atoms with Crippen molar-refractivity contribution in [3.63, 3.8) is 0 Å². The van der Waals surface area contributed by atoms with Gasteiger partial charge in [0, 0.05) is 74.2 Å². The van der Waals surface area contributed by atoms with Gasteiger partial charge in [-0.15, -0.1) is 0 Å². The van der Waals surface area contributed by atoms with Crippen molar-refractivity contribution in [2.45, 2.75) is 75.1 Å². The molecule has 0 aromatic heterocycles. The van der Waals surface area contributed by atoms with Crippen LogP contribution in [0.1, 0.15) is 115 Å². The van der Waals surface area contributed by atoms with Crippen molar-refractivity contribution in [3.05, 3.63) is 343 Å². The number of hydrogen-bond donors (Lipinski definition) is 2. The molecule has 0 aliphatic rings. The minimum absolute atomic E-state index is 0. The van der Waals surface area contributed by atoms with Crippen LogP contribution in [0.4, 0.5) is 56.9 Å². The van der Waals surface area contributed by atoms with Gasteiger partial charge in [-0.25, -0.2) is 4.85 Å². The molecule has 0 unspecified atom stereocenters. The first-order valence-electron chi connectivity index (χ1n) is 34.4. The molecule has 0 saturated carbocycles. The van der Waals surface area contributed by atoms with Crippen LogP contribution in [0.5, 0.6) is 0 Å². The molecule has 0 aliphatic carbocycles. The number of nitrogens with zero attached hydrogens (tertiary/aromatic N) is 7. The van der Waals surface area contributed by atoms with Gasteiger partial charge in [0.2, 0.25) is 7.14 Å². The number of benzene rings is 11. The molecule has 0 fully saturated rings. The van der Waals surface area contributed by atoms with Gasteiger partial charge in [-0.3, -0.25) is 13.9 Å². The van der Waals surface area contributed by atoms with E-state index in [1.165, 1.54) is 57.7 Å². The second kappa shape index (κ2) is 38.7. The van der Waals surface area contributed by atoms with E-state index in [1.807, 2.05) is 72.0 Å². The molecule has 108 heavy (non-hydrogen) atoms. The molecule has 2 N–H and O–H groups in total. The van der Waals surface area contributed by atoms with Crippen LogP contribution in [0.15, 0.2) is 243 Å². The number of carbonyl (C=O) groups is 1. The van der Waals surface area contributed by atoms with Gasteiger partial charge >= 0.3 is 7.60 Å². The van der Waals surface area contributed by atoms with E-state index in [-0.39, 0.29) is 55.2 Å². The maximum absolute atomic E-state index is 12.8. The summed E-state index contributed by atoms with van der Waals surface area (Å²) in [5.74, 6) is 0. The molecule has 538 valence electrons. The van der Waals surface area contributed by atoms with Gasteiger partial charge in [0.25, 0.3) is 0 Å². The summed E-state index contributed by atoms with van der Waals surface area (Å²) in [6, 6.07) is 87.9. The number of carbonyl (C=O) groups excluding carboxylic acids is 1. The van der Waals surface area contributed by atoms with E-state index < -0.39 is 14.7 Å². The lowest BCUT2D eigenvalue weighted by atomic mass is 10.0. The molecule has 11 rings (SSSR count). The molecule has 0 aliphatic heterocycles. The fourth-order valence-corrected chi connectivity index (χ4v) is 14.5. The summed E-state index contributed by atoms with van der Waals surface area (Å²) < 4.78 is 35.8. The number of aliphatic hydroxyl groups excluding tert-OH is 2. The monoisotopic (exact) mass is 1460 g/mol. The minimum atomic E-state index is -3.68. The first kappa shape index (κ1) is 80.7. The molecule has 0 spiro atoms. The van der Waals surface area contributed by atoms with Crippen molar-refractivity contribution >= 4 is 102 Å². The second-order valence-electron chi connectivity index (χ2n) is 25.1. The predicted octanol–water partition coefficient (Wildman–Crippen LogP) is 24.5. The summed E-state index contributed by atoms with van der Waals surface area (Å²) >= 11 is 0. The van der Waals surface area contributed by atoms with Crippen LogP contribution < -0.4 is 14.7 Å². The van der Waals surface area contributed by atoms with Crippen LogP contribution in [0.2, 0.25) is 0 Å². The number of nitriles is 3. The molecule has 0 atom stereocenters. The maximum Gasteiger partial charge on any atom is 0.335 e. The Morgan fingerprint density at radius 3 is 0.944 bits per heavy atom. The molecule has 0 saturated heterocycles. The number of rotatable bonds is 22. The van der Waals surface area contributed by atoms with Gasteiger partial charge in [0.1, 0.15) is 18.5 Å². The van der Waals surface area contributed by atoms with E-state index in [4.69, 9.17) is 25.8 Å². The van der Waals surface area contributed by atoms with Gasteiger partial charge in [-0.2, -0.15) is 15.8 Å². The second-order valence-corrected chi connectivity index (χ2v) is 29.4. The number of anilines is 9. The average Bonchev–Trinajstić information content (AvgIpc) is 0.827. The molecular weight excluding hydrogens is 1380 g/mol. The quantitative estimate of drug-likeness (QED) is 0.0214. The smallest absolute Gasteiger partial charge is 0.335 e. The molecule has 0 heterocycles. The van der Waals surface area contributed by atoms with Gasteiger partial charge in [0.05, 0.1) is 60.8 Å². The number of aliphatic hydroxyl groups is 2. The fourth-order valence-electron chi connectivity index (χ4n) is 11.5. The van der Waals surface area contributed by atoms with Gasteiger partial charge in [-0.05, 0) is 234 Å². The van der Waals surface area contributed by atoms with Gasteiger partial charge in [-0.1, -0.05) is 162 Å². The van der Waals surface area contributed by atoms with Crippen molar-refractivity contribution in [3.8, 4) is 41.7 Å². The number of hydrogen-bond acceptors (Lipinski definition) is 13. The van der Waals surface area contributed by atoms with E-state index in [2.05, 4.69) is 261 Å². The highest BCUT2D eigenvalue weighted by Gasteiger charge is 2.28. The van der Waals surface area contributed by atoms with Crippen LogP contribution in [-0.2, 0) is 30.5 Å². The summed E-state index contributed by atoms with van der Waals surface area (Å²) in [6.07, 6.45) is 11.1. The summed E-state index contributed by atoms with van der Waals surface area (Å²) in [7, 11) is -7.19. The lowest BCUT2D eigenvalue weighted by molar-refractivity contribution is 0.112. The van der Waals surface area contributed by atoms with E-state index >= 15 is 0 Å². The SMILES string of the molecule is C.CCOP(=O)(Cc1cc(C#N)c(CP(=O)(C#CO)C#CO)cc1C#N)OCC.Cc1ccc(N(c2ccc(C)cc2)c2ccc(C=O)cc2)cc1.[C-]#[N+]c1cc(C=Cc2ccc(N(c3ccc(C)cc3)c3ccc(C)cc3)cc2)c(C#N)cc1C=Cc1ccc(N(c2ccc(C)cc2)c2ccc(C)cc2)cc1. The zero-order valence-corrected chi connectivity index (χ0v) is 62.6. The van der Waals surface area contributed by atoms with Crippen LogP contribution >= 0.6 is 14.7 Å². The molecule has 11 aromatic rings. The van der Waals surface area contributed by atoms with E-state index in [0.29, 0.717) is 27.9 Å². The third-order valence-corrected chi connectivity index (χ3v) is 20.9. The Morgan fingerprint density at radius 2 is 0.676 bits per heavy atom. The topological polar surface area (TPSA) is 196 Å². The van der Waals surface area contributed by atoms with Gasteiger partial charge in [0.15, 0.2) is 5.69 Å². The normalized spacial score (nSPS) is 10.7. The lowest BCUT2D eigenvalue weighted by Gasteiger charge is -2.26. The highest BCUT2D eigenvalue weighted by molar-refractivity contribution is 7.73. The summed E-state index contributed by atoms with van der Waals surface area (Å²) in [4.78, 5) is 21.4. The highest BCUT2D eigenvalue weighted by atomic mass is 31.2. The fraction of sp³-hybridized carbons (Fsp3) is 0.141. The van der Waals surface area contributed by atoms with Crippen molar-refractivity contribution in [1.29, 1.82) is 15.8 Å². The van der Waals surface area contributed by atoms with Crippen molar-refractivity contribution in [1.82, 2.24) is 0 Å². The Balaban J connectivity index is 0.000000235. The van der Waals surface area contributed by atoms with Crippen LogP contribution in [0.25, 0.3) is 29.1 Å². The Morgan fingerprint density at radius 1 is 0.398 bits per heavy atom. The van der Waals surface area contributed by atoms with E-state index in [9.17, 15) is 29.7 Å². The van der Waals surface area contributed by atoms with Gasteiger partial charge < -0.3 is 34.0 Å². The largest absolute Gasteiger partial charge is 0.462 e. The first-order chi connectivity index (χ1) is 51.7. The average molecular weight is 1460 g/mol. The zero-order chi connectivity index (χ0) is 76.5. The molecular formula is C92H83N7O7P2. The lowest BCUT2D eigenvalue weighted by Crippen LogP contribution is -2.09. The van der Waals surface area contributed by atoms with Crippen LogP contribution in [0.3, 0.4) is 0 Å². The molecule has 0 radical (unpaired) electrons. The molecule has 16 heteroatoms. The minimum Gasteiger partial charge on any atom is -0.462 e. The summed E-state index contributed by atoms with van der Waals surface area (Å²) in [5.41, 5.74) is 26.7. The van der Waals surface area contributed by atoms with E-state index in [1.54, 1.807) is 26.0 Å². The van der Waals surface area contributed by atoms with Crippen molar-refractivity contribution in [2.24, 2.45) is 0 Å². The molecule has 11 aromatic carbocycles. The van der Waals surface area contributed by atoms with Crippen molar-refractivity contribution < 1.29 is 33.2 Å². The molecule has 0 bridgehead atoms. The Kier molecular flexibility index (Phi) is 28.9. The number of aldehydes is 1. The molecule has 14 nitrogen and oxygen atoms in total. The third-order valence-electron chi connectivity index (χ3n) is 17.1. The summed E-state index contributed by atoms with van der Waals surface area (Å²) in [6.45, 7) is 24.1. The van der Waals surface area contributed by atoms with Crippen molar-refractivity contribution in [2.75, 3.05) is 27.9 Å². The van der Waals surface area contributed by atoms with Crippen LogP contribution in [0, 0.1) is 106 Å². The highest BCUT2D eigenvalue weighted by Crippen LogP contribution is 2.53. The Bertz CT molecular complexity index is 5050. The maximum atomic E-state index is 12.8.